The van der Waals surface area contributed by atoms with Gasteiger partial charge in [-0.25, -0.2) is 4.98 Å². The second kappa shape index (κ2) is 4.37. The number of hydrogen-bond acceptors (Lipinski definition) is 3. The summed E-state index contributed by atoms with van der Waals surface area (Å²) in [4.78, 5) is 4.29. The van der Waals surface area contributed by atoms with E-state index in [1.54, 1.807) is 18.3 Å². The molecule has 1 aromatic heterocycles. The Morgan fingerprint density at radius 1 is 1.50 bits per heavy atom. The maximum Gasteiger partial charge on any atom is 0.117 e. The largest absolute Gasteiger partial charge is 0.508 e. The standard InChI is InChI=1S/C12H15N3O/c1-15-6-5-14-12(15)11(8-13)9-3-2-4-10(16)7-9/h2-7,11,16H,8,13H2,1H3. The molecule has 0 saturated heterocycles. The Labute approximate surface area is 94.4 Å². The predicted octanol–water partition coefficient (Wildman–Crippen LogP) is 1.22. The summed E-state index contributed by atoms with van der Waals surface area (Å²) in [5.41, 5.74) is 6.76. The van der Waals surface area contributed by atoms with Gasteiger partial charge in [-0.05, 0) is 17.7 Å². The number of nitrogens with two attached hydrogens (primary N) is 1. The molecular weight excluding hydrogens is 202 g/mol. The third-order valence-electron chi connectivity index (χ3n) is 2.68. The van der Waals surface area contributed by atoms with Crippen molar-refractivity contribution in [3.63, 3.8) is 0 Å². The summed E-state index contributed by atoms with van der Waals surface area (Å²) in [5.74, 6) is 1.19. The van der Waals surface area contributed by atoms with Crippen LogP contribution in [0, 0.1) is 0 Å². The van der Waals surface area contributed by atoms with Gasteiger partial charge in [0.05, 0.1) is 5.92 Å². The summed E-state index contributed by atoms with van der Waals surface area (Å²) in [6.07, 6.45) is 3.64. The van der Waals surface area contributed by atoms with Gasteiger partial charge in [-0.1, -0.05) is 12.1 Å². The maximum absolute atomic E-state index is 9.46. The minimum atomic E-state index is 0.0205. The fraction of sp³-hybridized carbons (Fsp3) is 0.250. The van der Waals surface area contributed by atoms with Crippen molar-refractivity contribution in [1.82, 2.24) is 9.55 Å². The van der Waals surface area contributed by atoms with Crippen LogP contribution in [0.4, 0.5) is 0 Å². The van der Waals surface area contributed by atoms with Gasteiger partial charge in [0.2, 0.25) is 0 Å². The molecule has 0 aliphatic carbocycles. The van der Waals surface area contributed by atoms with Gasteiger partial charge in [0.25, 0.3) is 0 Å². The van der Waals surface area contributed by atoms with Crippen molar-refractivity contribution < 1.29 is 5.11 Å². The molecule has 0 saturated carbocycles. The number of phenols is 1. The summed E-state index contributed by atoms with van der Waals surface area (Å²) < 4.78 is 1.95. The average molecular weight is 217 g/mol. The van der Waals surface area contributed by atoms with Crippen molar-refractivity contribution >= 4 is 0 Å². The van der Waals surface area contributed by atoms with Crippen LogP contribution in [0.2, 0.25) is 0 Å². The second-order valence-electron chi connectivity index (χ2n) is 3.78. The zero-order valence-electron chi connectivity index (χ0n) is 9.17. The molecule has 16 heavy (non-hydrogen) atoms. The molecule has 0 amide bonds. The van der Waals surface area contributed by atoms with E-state index in [0.29, 0.717) is 6.54 Å². The van der Waals surface area contributed by atoms with Crippen LogP contribution in [-0.2, 0) is 7.05 Å². The van der Waals surface area contributed by atoms with Crippen LogP contribution >= 0.6 is 0 Å². The topological polar surface area (TPSA) is 64.1 Å². The summed E-state index contributed by atoms with van der Waals surface area (Å²) in [5, 5.41) is 9.46. The molecule has 3 N–H and O–H groups in total. The van der Waals surface area contributed by atoms with Crippen molar-refractivity contribution in [3.05, 3.63) is 48.0 Å². The number of benzene rings is 1. The molecule has 2 rings (SSSR count). The highest BCUT2D eigenvalue weighted by Gasteiger charge is 2.16. The Hall–Kier alpha value is -1.81. The van der Waals surface area contributed by atoms with Crippen LogP contribution in [0.5, 0.6) is 5.75 Å². The first-order valence-electron chi connectivity index (χ1n) is 5.18. The van der Waals surface area contributed by atoms with E-state index < -0.39 is 0 Å². The molecule has 0 bridgehead atoms. The lowest BCUT2D eigenvalue weighted by Crippen LogP contribution is -2.17. The monoisotopic (exact) mass is 217 g/mol. The fourth-order valence-electron chi connectivity index (χ4n) is 1.85. The number of rotatable bonds is 3. The smallest absolute Gasteiger partial charge is 0.117 e. The van der Waals surface area contributed by atoms with Crippen molar-refractivity contribution in [1.29, 1.82) is 0 Å². The third-order valence-corrected chi connectivity index (χ3v) is 2.68. The molecule has 2 aromatic rings. The van der Waals surface area contributed by atoms with Crippen LogP contribution < -0.4 is 5.73 Å². The quantitative estimate of drug-likeness (QED) is 0.812. The normalized spacial score (nSPS) is 12.6. The summed E-state index contributed by atoms with van der Waals surface area (Å²) in [6, 6.07) is 7.14. The number of hydrogen-bond donors (Lipinski definition) is 2. The zero-order chi connectivity index (χ0) is 11.5. The lowest BCUT2D eigenvalue weighted by atomic mass is 9.98. The number of nitrogens with zero attached hydrogens (tertiary/aromatic N) is 2. The Bertz CT molecular complexity index is 479. The van der Waals surface area contributed by atoms with E-state index >= 15 is 0 Å². The first kappa shape index (κ1) is 10.7. The Kier molecular flexibility index (Phi) is 2.92. The fourth-order valence-corrected chi connectivity index (χ4v) is 1.85. The van der Waals surface area contributed by atoms with Crippen LogP contribution in [0.15, 0.2) is 36.7 Å². The molecule has 0 aliphatic rings. The minimum Gasteiger partial charge on any atom is -0.508 e. The first-order valence-corrected chi connectivity index (χ1v) is 5.18. The van der Waals surface area contributed by atoms with Crippen LogP contribution in [0.25, 0.3) is 0 Å². The van der Waals surface area contributed by atoms with Crippen LogP contribution in [0.3, 0.4) is 0 Å². The summed E-state index contributed by atoms with van der Waals surface area (Å²) >= 11 is 0. The molecule has 0 spiro atoms. The highest BCUT2D eigenvalue weighted by atomic mass is 16.3. The van der Waals surface area contributed by atoms with Gasteiger partial charge in [-0.3, -0.25) is 0 Å². The number of aryl methyl sites for hydroxylation is 1. The van der Waals surface area contributed by atoms with E-state index in [4.69, 9.17) is 5.73 Å². The van der Waals surface area contributed by atoms with Gasteiger partial charge in [0.1, 0.15) is 11.6 Å². The Balaban J connectivity index is 2.40. The number of imidazole rings is 1. The van der Waals surface area contributed by atoms with E-state index in [-0.39, 0.29) is 11.7 Å². The molecule has 1 heterocycles. The molecule has 4 heteroatoms. The molecule has 0 fully saturated rings. The van der Waals surface area contributed by atoms with Crippen LogP contribution in [-0.4, -0.2) is 21.2 Å². The molecule has 0 radical (unpaired) electrons. The van der Waals surface area contributed by atoms with Gasteiger partial charge in [0, 0.05) is 26.0 Å². The van der Waals surface area contributed by atoms with E-state index in [1.165, 1.54) is 0 Å². The van der Waals surface area contributed by atoms with E-state index in [1.807, 2.05) is 29.9 Å². The molecule has 1 unspecified atom stereocenters. The SMILES string of the molecule is Cn1ccnc1C(CN)c1cccc(O)c1. The highest BCUT2D eigenvalue weighted by molar-refractivity contribution is 5.33. The molecule has 4 nitrogen and oxygen atoms in total. The third kappa shape index (κ3) is 1.92. The minimum absolute atomic E-state index is 0.0205. The molecule has 1 aromatic carbocycles. The second-order valence-corrected chi connectivity index (χ2v) is 3.78. The van der Waals surface area contributed by atoms with E-state index in [9.17, 15) is 5.11 Å². The lowest BCUT2D eigenvalue weighted by molar-refractivity contribution is 0.474. The molecule has 0 aliphatic heterocycles. The van der Waals surface area contributed by atoms with Gasteiger partial charge < -0.3 is 15.4 Å². The first-order chi connectivity index (χ1) is 7.72. The van der Waals surface area contributed by atoms with Gasteiger partial charge in [0.15, 0.2) is 0 Å². The predicted molar refractivity (Wildman–Crippen MR) is 62.2 cm³/mol. The Morgan fingerprint density at radius 2 is 2.31 bits per heavy atom. The summed E-state index contributed by atoms with van der Waals surface area (Å²) in [7, 11) is 1.94. The van der Waals surface area contributed by atoms with Gasteiger partial charge in [-0.15, -0.1) is 0 Å². The number of aromatic nitrogens is 2. The van der Waals surface area contributed by atoms with Crippen molar-refractivity contribution in [2.45, 2.75) is 5.92 Å². The molecule has 1 atom stereocenters. The molecular formula is C12H15N3O. The zero-order valence-corrected chi connectivity index (χ0v) is 9.17. The maximum atomic E-state index is 9.46. The summed E-state index contributed by atoms with van der Waals surface area (Å²) in [6.45, 7) is 0.467. The van der Waals surface area contributed by atoms with E-state index in [2.05, 4.69) is 4.98 Å². The lowest BCUT2D eigenvalue weighted by Gasteiger charge is -2.15. The molecule has 84 valence electrons. The van der Waals surface area contributed by atoms with Crippen molar-refractivity contribution in [3.8, 4) is 5.75 Å². The van der Waals surface area contributed by atoms with E-state index in [0.717, 1.165) is 11.4 Å². The van der Waals surface area contributed by atoms with Gasteiger partial charge >= 0.3 is 0 Å². The van der Waals surface area contributed by atoms with Crippen molar-refractivity contribution in [2.75, 3.05) is 6.54 Å². The average Bonchev–Trinajstić information content (AvgIpc) is 2.67. The van der Waals surface area contributed by atoms with Gasteiger partial charge in [-0.2, -0.15) is 0 Å². The number of phenolic OH excluding ortho intramolecular Hbond substituents is 1. The highest BCUT2D eigenvalue weighted by Crippen LogP contribution is 2.24. The van der Waals surface area contributed by atoms with Crippen LogP contribution in [0.1, 0.15) is 17.3 Å². The Morgan fingerprint density at radius 3 is 2.88 bits per heavy atom. The number of aromatic hydroxyl groups is 1. The van der Waals surface area contributed by atoms with Crippen molar-refractivity contribution in [2.24, 2.45) is 12.8 Å².